The quantitative estimate of drug-likeness (QED) is 0.260. The molecule has 0 saturated heterocycles. The molecule has 1 aliphatic heterocycles. The number of para-hydroxylation sites is 1. The van der Waals surface area contributed by atoms with Crippen molar-refractivity contribution in [3.05, 3.63) is 77.6 Å². The van der Waals surface area contributed by atoms with E-state index in [9.17, 15) is 4.79 Å². The zero-order chi connectivity index (χ0) is 23.0. The average molecular weight is 448 g/mol. The number of unbranched alkanes of at least 4 members (excludes halogenated alkanes) is 4. The van der Waals surface area contributed by atoms with E-state index in [-0.39, 0.29) is 11.8 Å². The second-order valence-corrected chi connectivity index (χ2v) is 8.16. The van der Waals surface area contributed by atoms with Gasteiger partial charge in [0.15, 0.2) is 11.9 Å². The van der Waals surface area contributed by atoms with Crippen LogP contribution in [0.25, 0.3) is 0 Å². The van der Waals surface area contributed by atoms with Crippen molar-refractivity contribution in [1.29, 1.82) is 0 Å². The van der Waals surface area contributed by atoms with Crippen molar-refractivity contribution >= 4 is 5.78 Å². The Kier molecular flexibility index (Phi) is 7.47. The first-order chi connectivity index (χ1) is 16.2. The summed E-state index contributed by atoms with van der Waals surface area (Å²) in [5.41, 5.74) is 8.21. The Bertz CT molecular complexity index is 1070. The van der Waals surface area contributed by atoms with Gasteiger partial charge >= 0.3 is 0 Å². The fourth-order valence-corrected chi connectivity index (χ4v) is 3.97. The molecule has 2 aromatic carbocycles. The molecule has 0 radical (unpaired) electrons. The molecule has 0 saturated carbocycles. The monoisotopic (exact) mass is 447 g/mol. The number of ketones is 1. The molecule has 0 spiro atoms. The summed E-state index contributed by atoms with van der Waals surface area (Å²) in [5.74, 6) is 1.53. The molecule has 2 heterocycles. The maximum Gasteiger partial charge on any atom is 0.216 e. The lowest BCUT2D eigenvalue weighted by Gasteiger charge is -2.30. The predicted octanol–water partition coefficient (Wildman–Crippen LogP) is 3.95. The molecular formula is C25H29N5O3. The zero-order valence-electron chi connectivity index (χ0n) is 18.6. The Balaban J connectivity index is 1.41. The van der Waals surface area contributed by atoms with Crippen LogP contribution in [-0.4, -0.2) is 39.1 Å². The van der Waals surface area contributed by atoms with E-state index in [1.54, 1.807) is 18.2 Å². The second-order valence-electron chi connectivity index (χ2n) is 8.16. The van der Waals surface area contributed by atoms with E-state index in [0.717, 1.165) is 30.6 Å². The van der Waals surface area contributed by atoms with E-state index in [1.165, 1.54) is 12.8 Å². The highest BCUT2D eigenvalue weighted by atomic mass is 16.5. The Morgan fingerprint density at radius 1 is 1.18 bits per heavy atom. The van der Waals surface area contributed by atoms with Crippen molar-refractivity contribution < 1.29 is 14.3 Å². The van der Waals surface area contributed by atoms with Gasteiger partial charge in [-0.15, -0.1) is 16.8 Å². The highest BCUT2D eigenvalue weighted by molar-refractivity contribution is 6.11. The van der Waals surface area contributed by atoms with Crippen LogP contribution < -0.4 is 15.2 Å². The van der Waals surface area contributed by atoms with E-state index in [4.69, 9.17) is 15.2 Å². The topological polar surface area (TPSA) is 116 Å². The SMILES string of the molecule is C=CCCCCCCOc1ccc(C(=O)c2cccc3c2OC(c2nn[nH]n2)C(N)C3)cc1. The lowest BCUT2D eigenvalue weighted by molar-refractivity contribution is 0.101. The van der Waals surface area contributed by atoms with Crippen LogP contribution >= 0.6 is 0 Å². The molecule has 3 aromatic rings. The number of aromatic amines is 1. The standard InChI is InChI=1S/C25H29N5O3/c1-2-3-4-5-6-7-15-32-19-13-11-17(12-14-19)22(31)20-10-8-9-18-16-21(26)24(33-23(18)20)25-27-29-30-28-25/h2,8-14,21,24H,1,3-7,15-16,26H2,(H,27,28,29,30). The number of hydrogen-bond donors (Lipinski definition) is 2. The molecule has 8 nitrogen and oxygen atoms in total. The van der Waals surface area contributed by atoms with Crippen LogP contribution in [0, 0.1) is 0 Å². The van der Waals surface area contributed by atoms with Gasteiger partial charge in [0, 0.05) is 5.56 Å². The van der Waals surface area contributed by atoms with E-state index < -0.39 is 6.10 Å². The smallest absolute Gasteiger partial charge is 0.216 e. The third-order valence-electron chi connectivity index (χ3n) is 5.73. The van der Waals surface area contributed by atoms with Crippen LogP contribution in [-0.2, 0) is 6.42 Å². The lowest BCUT2D eigenvalue weighted by Crippen LogP contribution is -2.38. The lowest BCUT2D eigenvalue weighted by atomic mass is 9.92. The number of ether oxygens (including phenoxy) is 2. The number of carbonyl (C=O) groups excluding carboxylic acids is 1. The number of nitrogens with two attached hydrogens (primary N) is 1. The summed E-state index contributed by atoms with van der Waals surface area (Å²) in [6.07, 6.45) is 7.51. The first-order valence-electron chi connectivity index (χ1n) is 11.3. The number of fused-ring (bicyclic) bond motifs is 1. The van der Waals surface area contributed by atoms with Gasteiger partial charge in [-0.05, 0) is 61.6 Å². The predicted molar refractivity (Wildman–Crippen MR) is 124 cm³/mol. The number of carbonyl (C=O) groups is 1. The van der Waals surface area contributed by atoms with Crippen molar-refractivity contribution in [2.24, 2.45) is 5.73 Å². The largest absolute Gasteiger partial charge is 0.494 e. The molecule has 0 aliphatic carbocycles. The van der Waals surface area contributed by atoms with Crippen LogP contribution in [0.5, 0.6) is 11.5 Å². The number of rotatable bonds is 11. The van der Waals surface area contributed by atoms with Crippen molar-refractivity contribution in [3.63, 3.8) is 0 Å². The first-order valence-corrected chi connectivity index (χ1v) is 11.3. The minimum Gasteiger partial charge on any atom is -0.494 e. The third-order valence-corrected chi connectivity index (χ3v) is 5.73. The molecule has 8 heteroatoms. The number of hydrogen-bond acceptors (Lipinski definition) is 7. The summed E-state index contributed by atoms with van der Waals surface area (Å²) in [5, 5.41) is 14.0. The van der Waals surface area contributed by atoms with Gasteiger partial charge in [0.1, 0.15) is 11.5 Å². The Labute approximate surface area is 193 Å². The summed E-state index contributed by atoms with van der Waals surface area (Å²) < 4.78 is 11.9. The molecule has 1 aliphatic rings. The van der Waals surface area contributed by atoms with Crippen molar-refractivity contribution in [2.75, 3.05) is 6.61 Å². The summed E-state index contributed by atoms with van der Waals surface area (Å²) in [6, 6.07) is 12.4. The Hall–Kier alpha value is -3.52. The van der Waals surface area contributed by atoms with Gasteiger partial charge < -0.3 is 15.2 Å². The molecule has 172 valence electrons. The molecule has 3 N–H and O–H groups in total. The number of nitrogens with one attached hydrogen (secondary N) is 1. The van der Waals surface area contributed by atoms with Gasteiger partial charge in [0.25, 0.3) is 0 Å². The zero-order valence-corrected chi connectivity index (χ0v) is 18.6. The molecule has 0 fully saturated rings. The van der Waals surface area contributed by atoms with E-state index in [1.807, 2.05) is 30.3 Å². The van der Waals surface area contributed by atoms with E-state index in [0.29, 0.717) is 35.7 Å². The van der Waals surface area contributed by atoms with Gasteiger partial charge in [-0.25, -0.2) is 0 Å². The van der Waals surface area contributed by atoms with Crippen molar-refractivity contribution in [1.82, 2.24) is 20.6 Å². The van der Waals surface area contributed by atoms with E-state index >= 15 is 0 Å². The van der Waals surface area contributed by atoms with Gasteiger partial charge in [-0.2, -0.15) is 5.21 Å². The Morgan fingerprint density at radius 3 is 2.76 bits per heavy atom. The van der Waals surface area contributed by atoms with Crippen molar-refractivity contribution in [2.45, 2.75) is 50.7 Å². The minimum atomic E-state index is -0.572. The maximum atomic E-state index is 13.3. The van der Waals surface area contributed by atoms with Gasteiger partial charge in [-0.1, -0.05) is 36.3 Å². The summed E-state index contributed by atoms with van der Waals surface area (Å²) >= 11 is 0. The van der Waals surface area contributed by atoms with Crippen LogP contribution in [0.15, 0.2) is 55.1 Å². The van der Waals surface area contributed by atoms with Crippen LogP contribution in [0.2, 0.25) is 0 Å². The highest BCUT2D eigenvalue weighted by Crippen LogP contribution is 2.36. The molecular weight excluding hydrogens is 418 g/mol. The number of nitrogens with zero attached hydrogens (tertiary/aromatic N) is 3. The molecule has 0 bridgehead atoms. The normalized spacial score (nSPS) is 17.1. The molecule has 2 unspecified atom stereocenters. The molecule has 4 rings (SSSR count). The number of benzene rings is 2. The van der Waals surface area contributed by atoms with E-state index in [2.05, 4.69) is 27.2 Å². The van der Waals surface area contributed by atoms with Gasteiger partial charge in [-0.3, -0.25) is 4.79 Å². The van der Waals surface area contributed by atoms with Crippen LogP contribution in [0.3, 0.4) is 0 Å². The first kappa shape index (κ1) is 22.7. The Morgan fingerprint density at radius 2 is 2.00 bits per heavy atom. The summed E-state index contributed by atoms with van der Waals surface area (Å²) in [6.45, 7) is 4.41. The van der Waals surface area contributed by atoms with Gasteiger partial charge in [0.05, 0.1) is 18.2 Å². The highest BCUT2D eigenvalue weighted by Gasteiger charge is 2.34. The maximum absolute atomic E-state index is 13.3. The van der Waals surface area contributed by atoms with Crippen LogP contribution in [0.1, 0.15) is 65.5 Å². The third kappa shape index (κ3) is 5.46. The van der Waals surface area contributed by atoms with Gasteiger partial charge in [0.2, 0.25) is 5.82 Å². The molecule has 33 heavy (non-hydrogen) atoms. The number of tetrazole rings is 1. The van der Waals surface area contributed by atoms with Crippen molar-refractivity contribution in [3.8, 4) is 11.5 Å². The fraction of sp³-hybridized carbons (Fsp3) is 0.360. The summed E-state index contributed by atoms with van der Waals surface area (Å²) in [4.78, 5) is 13.3. The second kappa shape index (κ2) is 10.9. The fourth-order valence-electron chi connectivity index (χ4n) is 3.97. The summed E-state index contributed by atoms with van der Waals surface area (Å²) in [7, 11) is 0. The number of allylic oxidation sites excluding steroid dienone is 1. The molecule has 1 aromatic heterocycles. The number of aromatic nitrogens is 4. The minimum absolute atomic E-state index is 0.122. The molecule has 0 amide bonds. The molecule has 2 atom stereocenters. The van der Waals surface area contributed by atoms with Crippen LogP contribution in [0.4, 0.5) is 0 Å². The average Bonchev–Trinajstić information content (AvgIpc) is 3.37. The number of H-pyrrole nitrogens is 1.